The van der Waals surface area contributed by atoms with E-state index in [1.165, 1.54) is 0 Å². The molecule has 3 aromatic heterocycles. The molecule has 8 heteroatoms. The highest BCUT2D eigenvalue weighted by atomic mass is 16.5. The molecule has 8 bridgehead atoms. The maximum atomic E-state index is 5.88. The summed E-state index contributed by atoms with van der Waals surface area (Å²) in [5.41, 5.74) is 8.55. The van der Waals surface area contributed by atoms with E-state index in [0.717, 1.165) is 56.0 Å². The largest absolute Gasteiger partial charge is 0.493 e. The van der Waals surface area contributed by atoms with Gasteiger partial charge in [-0.2, -0.15) is 0 Å². The van der Waals surface area contributed by atoms with Crippen LogP contribution in [0.15, 0.2) is 48.5 Å². The van der Waals surface area contributed by atoms with E-state index in [9.17, 15) is 0 Å². The fraction of sp³-hybridized carbons (Fsp3) is 0.133. The number of nitrogens with zero attached hydrogens (tertiary/aromatic N) is 2. The lowest BCUT2D eigenvalue weighted by molar-refractivity contribution is 0.306. The van der Waals surface area contributed by atoms with E-state index in [1.807, 2.05) is 72.8 Å². The van der Waals surface area contributed by atoms with Crippen LogP contribution >= 0.6 is 0 Å². The van der Waals surface area contributed by atoms with Crippen molar-refractivity contribution < 1.29 is 18.9 Å². The molecule has 6 rings (SSSR count). The van der Waals surface area contributed by atoms with Crippen LogP contribution in [0.2, 0.25) is 0 Å². The standard InChI is InChI=1S/C30H26N4O4/c1-35-26-16-23(28(36-2)30(38-4)29(26)37-3)27-24-11-9-21(33-24)14-19-7-5-17(31-19)13-18-6-8-20(32-18)15-22-10-12-25(27)34-22/h5-16,31,34H,1-4H3. The molecule has 0 fully saturated rings. The summed E-state index contributed by atoms with van der Waals surface area (Å²) in [6, 6.07) is 16.0. The van der Waals surface area contributed by atoms with Gasteiger partial charge in [0.05, 0.1) is 51.2 Å². The first-order valence-corrected chi connectivity index (χ1v) is 12.0. The van der Waals surface area contributed by atoms with Gasteiger partial charge in [0.1, 0.15) is 0 Å². The number of nitrogens with one attached hydrogen (secondary N) is 2. The van der Waals surface area contributed by atoms with Crippen LogP contribution in [0.4, 0.5) is 0 Å². The Hall–Kier alpha value is -4.98. The zero-order valence-corrected chi connectivity index (χ0v) is 21.5. The van der Waals surface area contributed by atoms with Gasteiger partial charge in [-0.3, -0.25) is 0 Å². The molecule has 4 aromatic rings. The van der Waals surface area contributed by atoms with E-state index in [1.54, 1.807) is 28.4 Å². The van der Waals surface area contributed by atoms with Crippen molar-refractivity contribution in [2.24, 2.45) is 0 Å². The summed E-state index contributed by atoms with van der Waals surface area (Å²) in [7, 11) is 6.34. The summed E-state index contributed by atoms with van der Waals surface area (Å²) in [4.78, 5) is 16.7. The minimum Gasteiger partial charge on any atom is -0.493 e. The lowest BCUT2D eigenvalue weighted by Gasteiger charge is -2.19. The number of aromatic amines is 2. The Labute approximate surface area is 219 Å². The number of benzene rings is 1. The summed E-state index contributed by atoms with van der Waals surface area (Å²) in [5.74, 6) is 1.91. The number of methoxy groups -OCH3 is 4. The van der Waals surface area contributed by atoms with Gasteiger partial charge in [-0.05, 0) is 72.8 Å². The minimum absolute atomic E-state index is 0.435. The average Bonchev–Trinajstić information content (AvgIpc) is 3.74. The van der Waals surface area contributed by atoms with Crippen molar-refractivity contribution in [3.63, 3.8) is 0 Å². The number of hydrogen-bond acceptors (Lipinski definition) is 6. The summed E-state index contributed by atoms with van der Waals surface area (Å²) in [6.07, 6.45) is 7.98. The SMILES string of the molecule is COc1cc(-c2c3nc(cc4ccc(cc5nc(cc6ccc2[nH]6)C=C5)[nH]4)C=C3)c(OC)c(OC)c1OC. The van der Waals surface area contributed by atoms with Gasteiger partial charge in [0.2, 0.25) is 11.5 Å². The van der Waals surface area contributed by atoms with Gasteiger partial charge in [0.25, 0.3) is 0 Å². The Morgan fingerprint density at radius 3 is 1.76 bits per heavy atom. The average molecular weight is 507 g/mol. The van der Waals surface area contributed by atoms with Gasteiger partial charge in [-0.1, -0.05) is 0 Å². The summed E-state index contributed by atoms with van der Waals surface area (Å²) >= 11 is 0. The van der Waals surface area contributed by atoms with Crippen molar-refractivity contribution in [1.29, 1.82) is 0 Å². The number of fused-ring (bicyclic) bond motifs is 8. The first-order chi connectivity index (χ1) is 18.6. The van der Waals surface area contributed by atoms with Gasteiger partial charge in [-0.15, -0.1) is 0 Å². The molecule has 2 aliphatic heterocycles. The first-order valence-electron chi connectivity index (χ1n) is 12.0. The molecule has 5 heterocycles. The molecule has 0 spiro atoms. The highest BCUT2D eigenvalue weighted by molar-refractivity contribution is 5.95. The third-order valence-electron chi connectivity index (χ3n) is 6.48. The minimum atomic E-state index is 0.435. The molecule has 0 atom stereocenters. The molecule has 190 valence electrons. The molecule has 0 saturated heterocycles. The molecule has 0 saturated carbocycles. The zero-order valence-electron chi connectivity index (χ0n) is 21.5. The van der Waals surface area contributed by atoms with Crippen LogP contribution < -0.4 is 18.9 Å². The van der Waals surface area contributed by atoms with Gasteiger partial charge in [-0.25, -0.2) is 9.97 Å². The number of ether oxygens (including phenoxy) is 4. The molecule has 0 aliphatic carbocycles. The molecule has 0 amide bonds. The predicted molar refractivity (Wildman–Crippen MR) is 151 cm³/mol. The Morgan fingerprint density at radius 2 is 1.13 bits per heavy atom. The highest BCUT2D eigenvalue weighted by Gasteiger charge is 2.25. The third-order valence-corrected chi connectivity index (χ3v) is 6.48. The van der Waals surface area contributed by atoms with E-state index in [4.69, 9.17) is 28.9 Å². The van der Waals surface area contributed by atoms with Crippen LogP contribution in [0.5, 0.6) is 23.0 Å². The van der Waals surface area contributed by atoms with Crippen LogP contribution in [-0.2, 0) is 0 Å². The van der Waals surface area contributed by atoms with Crippen LogP contribution in [0.3, 0.4) is 0 Å². The lowest BCUT2D eigenvalue weighted by atomic mass is 10.0. The van der Waals surface area contributed by atoms with E-state index in [0.29, 0.717) is 23.0 Å². The fourth-order valence-electron chi connectivity index (χ4n) is 4.81. The molecule has 1 aromatic carbocycles. The second-order valence-corrected chi connectivity index (χ2v) is 8.78. The Kier molecular flexibility index (Phi) is 5.84. The molecule has 8 nitrogen and oxygen atoms in total. The van der Waals surface area contributed by atoms with Crippen LogP contribution in [0.1, 0.15) is 22.8 Å². The van der Waals surface area contributed by atoms with Crippen molar-refractivity contribution >= 4 is 46.4 Å². The number of hydrogen-bond donors (Lipinski definition) is 2. The monoisotopic (exact) mass is 506 g/mol. The quantitative estimate of drug-likeness (QED) is 0.283. The van der Waals surface area contributed by atoms with Crippen LogP contribution in [0, 0.1) is 0 Å². The normalized spacial score (nSPS) is 12.0. The molecule has 38 heavy (non-hydrogen) atoms. The number of rotatable bonds is 5. The van der Waals surface area contributed by atoms with Crippen molar-refractivity contribution in [2.45, 2.75) is 0 Å². The smallest absolute Gasteiger partial charge is 0.207 e. The summed E-state index contributed by atoms with van der Waals surface area (Å²) in [6.45, 7) is 0. The molecular formula is C30H26N4O4. The molecular weight excluding hydrogens is 480 g/mol. The van der Waals surface area contributed by atoms with E-state index >= 15 is 0 Å². The highest BCUT2D eigenvalue weighted by Crippen LogP contribution is 2.51. The van der Waals surface area contributed by atoms with E-state index < -0.39 is 0 Å². The maximum Gasteiger partial charge on any atom is 0.207 e. The Morgan fingerprint density at radius 1 is 0.553 bits per heavy atom. The van der Waals surface area contributed by atoms with Gasteiger partial charge < -0.3 is 28.9 Å². The van der Waals surface area contributed by atoms with Crippen LogP contribution in [-0.4, -0.2) is 48.4 Å². The predicted octanol–water partition coefficient (Wildman–Crippen LogP) is 6.36. The Bertz CT molecular complexity index is 1780. The van der Waals surface area contributed by atoms with E-state index in [2.05, 4.69) is 9.97 Å². The summed E-state index contributed by atoms with van der Waals surface area (Å²) in [5, 5.41) is 0. The molecule has 2 N–H and O–H groups in total. The second-order valence-electron chi connectivity index (χ2n) is 8.78. The number of aromatic nitrogens is 4. The Balaban J connectivity index is 1.74. The first kappa shape index (κ1) is 23.4. The van der Waals surface area contributed by atoms with Gasteiger partial charge in [0.15, 0.2) is 11.5 Å². The van der Waals surface area contributed by atoms with Crippen molar-refractivity contribution in [3.8, 4) is 34.1 Å². The van der Waals surface area contributed by atoms with Gasteiger partial charge >= 0.3 is 0 Å². The van der Waals surface area contributed by atoms with Crippen molar-refractivity contribution in [2.75, 3.05) is 28.4 Å². The van der Waals surface area contributed by atoms with Crippen molar-refractivity contribution in [1.82, 2.24) is 19.9 Å². The second kappa shape index (κ2) is 9.48. The van der Waals surface area contributed by atoms with E-state index in [-0.39, 0.29) is 0 Å². The van der Waals surface area contributed by atoms with Crippen LogP contribution in [0.25, 0.3) is 57.5 Å². The summed E-state index contributed by atoms with van der Waals surface area (Å²) < 4.78 is 22.9. The van der Waals surface area contributed by atoms with Crippen molar-refractivity contribution in [3.05, 3.63) is 71.3 Å². The zero-order chi connectivity index (χ0) is 26.2. The molecule has 0 unspecified atom stereocenters. The maximum absolute atomic E-state index is 5.88. The van der Waals surface area contributed by atoms with Gasteiger partial charge in [0, 0.05) is 33.2 Å². The molecule has 2 aliphatic rings. The lowest BCUT2D eigenvalue weighted by Crippen LogP contribution is -2.00. The fourth-order valence-corrected chi connectivity index (χ4v) is 4.81. The topological polar surface area (TPSA) is 94.3 Å². The number of H-pyrrole nitrogens is 2. The third kappa shape index (κ3) is 4.06. The molecule has 0 radical (unpaired) electrons.